The molecule has 9 heteroatoms. The molecule has 0 aliphatic carbocycles. The van der Waals surface area contributed by atoms with Crippen molar-refractivity contribution in [1.29, 1.82) is 0 Å². The Morgan fingerprint density at radius 2 is 2.30 bits per heavy atom. The highest BCUT2D eigenvalue weighted by molar-refractivity contribution is 7.91. The molecule has 0 radical (unpaired) electrons. The second-order valence-electron chi connectivity index (χ2n) is 5.70. The molecule has 124 valence electrons. The number of hydrogen-bond acceptors (Lipinski definition) is 5. The highest BCUT2D eigenvalue weighted by Crippen LogP contribution is 2.25. The van der Waals surface area contributed by atoms with Crippen LogP contribution in [-0.4, -0.2) is 51.7 Å². The number of hydrogen-bond donors (Lipinski definition) is 1. The summed E-state index contributed by atoms with van der Waals surface area (Å²) >= 11 is 0. The molecule has 2 aromatic rings. The van der Waals surface area contributed by atoms with Crippen LogP contribution in [-0.2, 0) is 16.4 Å². The van der Waals surface area contributed by atoms with Gasteiger partial charge in [-0.2, -0.15) is 5.10 Å². The van der Waals surface area contributed by atoms with Crippen molar-refractivity contribution in [3.8, 4) is 0 Å². The summed E-state index contributed by atoms with van der Waals surface area (Å²) in [6.07, 6.45) is 7.26. The molecule has 23 heavy (non-hydrogen) atoms. The predicted octanol–water partition coefficient (Wildman–Crippen LogP) is 0.178. The maximum atomic E-state index is 12.2. The molecule has 1 fully saturated rings. The molecule has 3 heterocycles. The Labute approximate surface area is 134 Å². The summed E-state index contributed by atoms with van der Waals surface area (Å²) in [5.74, 6) is 0.0790. The molecule has 1 aliphatic rings. The first-order valence-corrected chi connectivity index (χ1v) is 9.27. The zero-order valence-corrected chi connectivity index (χ0v) is 13.7. The van der Waals surface area contributed by atoms with Crippen LogP contribution < -0.4 is 5.32 Å². The van der Waals surface area contributed by atoms with Crippen LogP contribution in [0.4, 0.5) is 0 Å². The quantitative estimate of drug-likeness (QED) is 0.839. The molecule has 0 bridgehead atoms. The van der Waals surface area contributed by atoms with Crippen molar-refractivity contribution in [3.63, 3.8) is 0 Å². The summed E-state index contributed by atoms with van der Waals surface area (Å²) < 4.78 is 26.7. The number of rotatable bonds is 5. The van der Waals surface area contributed by atoms with Gasteiger partial charge in [0.2, 0.25) is 0 Å². The van der Waals surface area contributed by atoms with Crippen molar-refractivity contribution >= 4 is 15.7 Å². The topological polar surface area (TPSA) is 98.9 Å². The van der Waals surface area contributed by atoms with Gasteiger partial charge >= 0.3 is 0 Å². The number of nitrogens with one attached hydrogen (secondary N) is 1. The van der Waals surface area contributed by atoms with Crippen molar-refractivity contribution in [1.82, 2.24) is 24.6 Å². The van der Waals surface area contributed by atoms with Gasteiger partial charge in [0.05, 0.1) is 35.6 Å². The van der Waals surface area contributed by atoms with Crippen LogP contribution in [0.1, 0.15) is 28.5 Å². The minimum Gasteiger partial charge on any atom is -0.350 e. The van der Waals surface area contributed by atoms with Crippen LogP contribution in [0.3, 0.4) is 0 Å². The van der Waals surface area contributed by atoms with Crippen LogP contribution >= 0.6 is 0 Å². The lowest BCUT2D eigenvalue weighted by Gasteiger charge is -2.11. The lowest BCUT2D eigenvalue weighted by Crippen LogP contribution is -2.27. The molecule has 1 amide bonds. The summed E-state index contributed by atoms with van der Waals surface area (Å²) in [6, 6.07) is -0.174. The number of amides is 1. The van der Waals surface area contributed by atoms with Crippen molar-refractivity contribution in [2.45, 2.75) is 25.9 Å². The SMILES string of the molecule is Cc1c(C(=O)NCCn2ccnc2)cnn1C1CCS(=O)(=O)C1. The molecule has 1 unspecified atom stereocenters. The van der Waals surface area contributed by atoms with Crippen LogP contribution in [0, 0.1) is 6.92 Å². The van der Waals surface area contributed by atoms with Gasteiger partial charge in [0.15, 0.2) is 9.84 Å². The lowest BCUT2D eigenvalue weighted by atomic mass is 10.2. The van der Waals surface area contributed by atoms with Crippen molar-refractivity contribution in [2.24, 2.45) is 0 Å². The van der Waals surface area contributed by atoms with E-state index in [1.807, 2.05) is 10.8 Å². The van der Waals surface area contributed by atoms with Crippen molar-refractivity contribution < 1.29 is 13.2 Å². The molecule has 1 atom stereocenters. The van der Waals surface area contributed by atoms with Gasteiger partial charge < -0.3 is 9.88 Å². The Hall–Kier alpha value is -2.16. The van der Waals surface area contributed by atoms with E-state index in [0.717, 1.165) is 0 Å². The third kappa shape index (κ3) is 3.44. The maximum Gasteiger partial charge on any atom is 0.254 e. The predicted molar refractivity (Wildman–Crippen MR) is 83.8 cm³/mol. The van der Waals surface area contributed by atoms with Gasteiger partial charge in [-0.1, -0.05) is 0 Å². The molecule has 1 aliphatic heterocycles. The largest absolute Gasteiger partial charge is 0.350 e. The van der Waals surface area contributed by atoms with E-state index in [2.05, 4.69) is 15.4 Å². The lowest BCUT2D eigenvalue weighted by molar-refractivity contribution is 0.0951. The minimum atomic E-state index is -2.98. The molecule has 1 N–H and O–H groups in total. The average molecular weight is 337 g/mol. The number of aromatic nitrogens is 4. The highest BCUT2D eigenvalue weighted by atomic mass is 32.2. The zero-order valence-electron chi connectivity index (χ0n) is 12.8. The number of imidazole rings is 1. The number of nitrogens with zero attached hydrogens (tertiary/aromatic N) is 4. The van der Waals surface area contributed by atoms with Crippen LogP contribution in [0.25, 0.3) is 0 Å². The Morgan fingerprint density at radius 1 is 1.48 bits per heavy atom. The Morgan fingerprint density at radius 3 is 2.96 bits per heavy atom. The first-order valence-electron chi connectivity index (χ1n) is 7.45. The smallest absolute Gasteiger partial charge is 0.254 e. The zero-order chi connectivity index (χ0) is 16.4. The molecule has 0 saturated carbocycles. The summed E-state index contributed by atoms with van der Waals surface area (Å²) in [4.78, 5) is 16.2. The second kappa shape index (κ2) is 6.15. The Balaban J connectivity index is 1.63. The van der Waals surface area contributed by atoms with Gasteiger partial charge in [-0.25, -0.2) is 13.4 Å². The summed E-state index contributed by atoms with van der Waals surface area (Å²) in [5.41, 5.74) is 1.19. The van der Waals surface area contributed by atoms with Crippen LogP contribution in [0.5, 0.6) is 0 Å². The minimum absolute atomic E-state index is 0.0945. The fourth-order valence-corrected chi connectivity index (χ4v) is 4.49. The van der Waals surface area contributed by atoms with E-state index in [1.54, 1.807) is 24.1 Å². The van der Waals surface area contributed by atoms with Crippen molar-refractivity contribution in [2.75, 3.05) is 18.1 Å². The first kappa shape index (κ1) is 15.7. The van der Waals surface area contributed by atoms with E-state index in [-0.39, 0.29) is 23.5 Å². The molecule has 3 rings (SSSR count). The molecule has 2 aromatic heterocycles. The number of sulfone groups is 1. The Bertz CT molecular complexity index is 794. The maximum absolute atomic E-state index is 12.2. The molecular formula is C14H19N5O3S. The van der Waals surface area contributed by atoms with Crippen LogP contribution in [0.2, 0.25) is 0 Å². The number of carbonyl (C=O) groups excluding carboxylic acids is 1. The first-order chi connectivity index (χ1) is 11.0. The van der Waals surface area contributed by atoms with E-state index in [1.165, 1.54) is 6.20 Å². The summed E-state index contributed by atoms with van der Waals surface area (Å²) in [7, 11) is -2.98. The number of carbonyl (C=O) groups is 1. The Kier molecular flexibility index (Phi) is 4.20. The second-order valence-corrected chi connectivity index (χ2v) is 7.93. The summed E-state index contributed by atoms with van der Waals surface area (Å²) in [5, 5.41) is 7.06. The average Bonchev–Trinajstić information content (AvgIpc) is 3.19. The van der Waals surface area contributed by atoms with Gasteiger partial charge in [0.1, 0.15) is 0 Å². The fraction of sp³-hybridized carbons (Fsp3) is 0.500. The van der Waals surface area contributed by atoms with E-state index >= 15 is 0 Å². The highest BCUT2D eigenvalue weighted by Gasteiger charge is 2.31. The van der Waals surface area contributed by atoms with E-state index in [9.17, 15) is 13.2 Å². The van der Waals surface area contributed by atoms with Gasteiger partial charge in [0.25, 0.3) is 5.91 Å². The van der Waals surface area contributed by atoms with Crippen LogP contribution in [0.15, 0.2) is 24.9 Å². The monoisotopic (exact) mass is 337 g/mol. The normalized spacial score (nSPS) is 19.8. The van der Waals surface area contributed by atoms with Crippen molar-refractivity contribution in [3.05, 3.63) is 36.2 Å². The van der Waals surface area contributed by atoms with Gasteiger partial charge in [-0.05, 0) is 13.3 Å². The van der Waals surface area contributed by atoms with E-state index in [4.69, 9.17) is 0 Å². The van der Waals surface area contributed by atoms with Gasteiger partial charge in [0, 0.05) is 31.2 Å². The standard InChI is InChI=1S/C14H19N5O3S/c1-11-13(14(20)16-4-6-18-5-3-15-10-18)8-17-19(11)12-2-7-23(21,22)9-12/h3,5,8,10,12H,2,4,6-7,9H2,1H3,(H,16,20). The van der Waals surface area contributed by atoms with E-state index < -0.39 is 9.84 Å². The molecule has 8 nitrogen and oxygen atoms in total. The van der Waals surface area contributed by atoms with E-state index in [0.29, 0.717) is 30.8 Å². The third-order valence-electron chi connectivity index (χ3n) is 4.06. The fourth-order valence-electron chi connectivity index (χ4n) is 2.80. The molecule has 0 aromatic carbocycles. The van der Waals surface area contributed by atoms with Gasteiger partial charge in [-0.15, -0.1) is 0 Å². The third-order valence-corrected chi connectivity index (χ3v) is 5.81. The van der Waals surface area contributed by atoms with Gasteiger partial charge in [-0.3, -0.25) is 9.48 Å². The summed E-state index contributed by atoms with van der Waals surface area (Å²) in [6.45, 7) is 2.92. The molecular weight excluding hydrogens is 318 g/mol. The molecule has 0 spiro atoms. The molecule has 1 saturated heterocycles.